The quantitative estimate of drug-likeness (QED) is 0.849. The minimum Gasteiger partial charge on any atom is -0.308 e. The number of nitrogens with zero attached hydrogens (tertiary/aromatic N) is 2. The highest BCUT2D eigenvalue weighted by Crippen LogP contribution is 2.21. The van der Waals surface area contributed by atoms with E-state index in [0.29, 0.717) is 12.0 Å². The van der Waals surface area contributed by atoms with Gasteiger partial charge in [-0.25, -0.2) is 0 Å². The maximum absolute atomic E-state index is 6.31. The van der Waals surface area contributed by atoms with Gasteiger partial charge in [-0.05, 0) is 18.8 Å². The van der Waals surface area contributed by atoms with Crippen molar-refractivity contribution < 1.29 is 0 Å². The van der Waals surface area contributed by atoms with E-state index in [4.69, 9.17) is 11.6 Å². The molecule has 1 atom stereocenters. The minimum atomic E-state index is 0.533. The number of aromatic nitrogens is 2. The molecule has 0 bridgehead atoms. The zero-order valence-corrected chi connectivity index (χ0v) is 12.3. The summed E-state index contributed by atoms with van der Waals surface area (Å²) in [5.41, 5.74) is 2.08. The van der Waals surface area contributed by atoms with E-state index >= 15 is 0 Å². The molecule has 98 valence electrons. The second-order valence-corrected chi connectivity index (χ2v) is 5.20. The summed E-state index contributed by atoms with van der Waals surface area (Å²) in [6.07, 6.45) is 2.02. The Balaban J connectivity index is 2.72. The number of hydrogen-bond donors (Lipinski definition) is 1. The van der Waals surface area contributed by atoms with Gasteiger partial charge in [0.15, 0.2) is 0 Å². The number of hydrogen-bond acceptors (Lipinski definition) is 2. The third-order valence-corrected chi connectivity index (χ3v) is 3.72. The van der Waals surface area contributed by atoms with Crippen molar-refractivity contribution in [3.8, 4) is 0 Å². The Morgan fingerprint density at radius 2 is 2.00 bits per heavy atom. The van der Waals surface area contributed by atoms with Gasteiger partial charge in [0.05, 0.1) is 16.4 Å². The van der Waals surface area contributed by atoms with E-state index in [0.717, 1.165) is 35.8 Å². The molecule has 1 unspecified atom stereocenters. The van der Waals surface area contributed by atoms with Crippen molar-refractivity contribution >= 4 is 11.6 Å². The lowest BCUT2D eigenvalue weighted by Gasteiger charge is -2.20. The number of nitrogens with one attached hydrogen (secondary N) is 1. The Bertz CT molecular complexity index is 358. The van der Waals surface area contributed by atoms with Gasteiger partial charge < -0.3 is 5.32 Å². The second-order valence-electron chi connectivity index (χ2n) is 4.82. The van der Waals surface area contributed by atoms with Gasteiger partial charge in [0, 0.05) is 19.6 Å². The molecule has 0 aliphatic carbocycles. The third kappa shape index (κ3) is 3.46. The van der Waals surface area contributed by atoms with Crippen LogP contribution in [0, 0.1) is 5.92 Å². The smallest absolute Gasteiger partial charge is 0.0863 e. The molecule has 1 aromatic heterocycles. The molecule has 0 saturated heterocycles. The number of halogens is 1. The summed E-state index contributed by atoms with van der Waals surface area (Å²) in [7, 11) is 1.96. The fourth-order valence-electron chi connectivity index (χ4n) is 2.09. The molecule has 0 fully saturated rings. The predicted octanol–water partition coefficient (Wildman–Crippen LogP) is 3.16. The van der Waals surface area contributed by atoms with E-state index in [1.807, 2.05) is 11.7 Å². The molecule has 0 aliphatic heterocycles. The van der Waals surface area contributed by atoms with Crippen LogP contribution in [0.2, 0.25) is 5.02 Å². The maximum Gasteiger partial charge on any atom is 0.0863 e. The molecule has 0 amide bonds. The van der Waals surface area contributed by atoms with Crippen molar-refractivity contribution in [1.29, 1.82) is 0 Å². The molecule has 1 rings (SSSR count). The fraction of sp³-hybridized carbons (Fsp3) is 0.769. The first kappa shape index (κ1) is 14.5. The van der Waals surface area contributed by atoms with E-state index in [-0.39, 0.29) is 0 Å². The molecule has 17 heavy (non-hydrogen) atoms. The first-order valence-corrected chi connectivity index (χ1v) is 6.82. The number of aryl methyl sites for hydroxylation is 2. The summed E-state index contributed by atoms with van der Waals surface area (Å²) in [4.78, 5) is 0. The third-order valence-electron chi connectivity index (χ3n) is 3.28. The lowest BCUT2D eigenvalue weighted by Crippen LogP contribution is -2.33. The molecule has 0 spiro atoms. The van der Waals surface area contributed by atoms with Gasteiger partial charge >= 0.3 is 0 Å². The molecule has 0 radical (unpaired) electrons. The Hall–Kier alpha value is -0.540. The average molecular weight is 258 g/mol. The van der Waals surface area contributed by atoms with Crippen molar-refractivity contribution in [2.75, 3.05) is 0 Å². The monoisotopic (exact) mass is 257 g/mol. The zero-order valence-electron chi connectivity index (χ0n) is 11.5. The molecule has 4 heteroatoms. The fourth-order valence-corrected chi connectivity index (χ4v) is 2.45. The first-order chi connectivity index (χ1) is 8.01. The first-order valence-electron chi connectivity index (χ1n) is 6.44. The van der Waals surface area contributed by atoms with Gasteiger partial charge in [-0.1, -0.05) is 39.3 Å². The number of rotatable bonds is 6. The standard InChI is InChI=1S/C13H24ClN3/c1-6-10(9(3)4)15-8-12-13(14)11(7-2)16-17(12)5/h9-10,15H,6-8H2,1-5H3. The van der Waals surface area contributed by atoms with Crippen LogP contribution >= 0.6 is 11.6 Å². The van der Waals surface area contributed by atoms with E-state index < -0.39 is 0 Å². The summed E-state index contributed by atoms with van der Waals surface area (Å²) < 4.78 is 1.89. The average Bonchev–Trinajstić information content (AvgIpc) is 2.56. The van der Waals surface area contributed by atoms with E-state index in [1.54, 1.807) is 0 Å². The van der Waals surface area contributed by atoms with Crippen molar-refractivity contribution in [2.45, 2.75) is 53.1 Å². The second kappa shape index (κ2) is 6.41. The van der Waals surface area contributed by atoms with Crippen LogP contribution in [0.25, 0.3) is 0 Å². The van der Waals surface area contributed by atoms with Crippen LogP contribution in [-0.2, 0) is 20.0 Å². The highest BCUT2D eigenvalue weighted by atomic mass is 35.5. The Morgan fingerprint density at radius 1 is 1.35 bits per heavy atom. The molecule has 0 aliphatic rings. The maximum atomic E-state index is 6.31. The normalized spacial score (nSPS) is 13.4. The van der Waals surface area contributed by atoms with Gasteiger partial charge in [0.1, 0.15) is 0 Å². The summed E-state index contributed by atoms with van der Waals surface area (Å²) in [5, 5.41) is 8.80. The lowest BCUT2D eigenvalue weighted by molar-refractivity contribution is 0.382. The van der Waals surface area contributed by atoms with Crippen LogP contribution in [0.4, 0.5) is 0 Å². The van der Waals surface area contributed by atoms with Crippen LogP contribution in [-0.4, -0.2) is 15.8 Å². The minimum absolute atomic E-state index is 0.533. The molecule has 3 nitrogen and oxygen atoms in total. The van der Waals surface area contributed by atoms with E-state index in [9.17, 15) is 0 Å². The molecular weight excluding hydrogens is 234 g/mol. The Kier molecular flexibility index (Phi) is 5.47. The summed E-state index contributed by atoms with van der Waals surface area (Å²) in [5.74, 6) is 0.637. The van der Waals surface area contributed by atoms with Crippen LogP contribution in [0.15, 0.2) is 0 Å². The Labute approximate surface area is 110 Å². The van der Waals surface area contributed by atoms with Gasteiger partial charge in [-0.2, -0.15) is 5.10 Å². The van der Waals surface area contributed by atoms with Gasteiger partial charge in [0.2, 0.25) is 0 Å². The largest absolute Gasteiger partial charge is 0.308 e. The van der Waals surface area contributed by atoms with E-state index in [1.165, 1.54) is 0 Å². The van der Waals surface area contributed by atoms with Gasteiger partial charge in [-0.3, -0.25) is 4.68 Å². The van der Waals surface area contributed by atoms with Crippen molar-refractivity contribution in [1.82, 2.24) is 15.1 Å². The van der Waals surface area contributed by atoms with Crippen LogP contribution in [0.1, 0.15) is 45.5 Å². The van der Waals surface area contributed by atoms with Crippen LogP contribution < -0.4 is 5.32 Å². The van der Waals surface area contributed by atoms with E-state index in [2.05, 4.69) is 38.1 Å². The van der Waals surface area contributed by atoms with Gasteiger partial charge in [0.25, 0.3) is 0 Å². The molecule has 1 N–H and O–H groups in total. The van der Waals surface area contributed by atoms with Crippen LogP contribution in [0.3, 0.4) is 0 Å². The molecule has 0 aromatic carbocycles. The van der Waals surface area contributed by atoms with Crippen molar-refractivity contribution in [2.24, 2.45) is 13.0 Å². The molecular formula is C13H24ClN3. The lowest BCUT2D eigenvalue weighted by atomic mass is 10.0. The molecule has 0 saturated carbocycles. The zero-order chi connectivity index (χ0) is 13.0. The molecule has 1 heterocycles. The molecule has 1 aromatic rings. The topological polar surface area (TPSA) is 29.9 Å². The highest BCUT2D eigenvalue weighted by Gasteiger charge is 2.15. The SMILES string of the molecule is CCc1nn(C)c(CNC(CC)C(C)C)c1Cl. The summed E-state index contributed by atoms with van der Waals surface area (Å²) >= 11 is 6.31. The summed E-state index contributed by atoms with van der Waals surface area (Å²) in [6.45, 7) is 9.56. The van der Waals surface area contributed by atoms with Crippen molar-refractivity contribution in [3.05, 3.63) is 16.4 Å². The van der Waals surface area contributed by atoms with Gasteiger partial charge in [-0.15, -0.1) is 0 Å². The van der Waals surface area contributed by atoms with Crippen LogP contribution in [0.5, 0.6) is 0 Å². The Morgan fingerprint density at radius 3 is 2.41 bits per heavy atom. The predicted molar refractivity (Wildman–Crippen MR) is 73.4 cm³/mol. The van der Waals surface area contributed by atoms with Crippen molar-refractivity contribution in [3.63, 3.8) is 0 Å². The highest BCUT2D eigenvalue weighted by molar-refractivity contribution is 6.31. The summed E-state index contributed by atoms with van der Waals surface area (Å²) in [6, 6.07) is 0.533.